The fourth-order valence-corrected chi connectivity index (χ4v) is 4.71. The summed E-state index contributed by atoms with van der Waals surface area (Å²) in [7, 11) is 1.64. The summed E-state index contributed by atoms with van der Waals surface area (Å²) >= 11 is 0. The lowest BCUT2D eigenvalue weighted by Gasteiger charge is -2.35. The minimum atomic E-state index is -0.0673. The Morgan fingerprint density at radius 1 is 1.15 bits per heavy atom. The van der Waals surface area contributed by atoms with Crippen molar-refractivity contribution in [2.45, 2.75) is 45.1 Å². The molecule has 0 aliphatic carbocycles. The Morgan fingerprint density at radius 3 is 2.82 bits per heavy atom. The molecule has 1 unspecified atom stereocenters. The molecule has 3 aromatic rings. The van der Waals surface area contributed by atoms with Crippen LogP contribution in [-0.2, 0) is 0 Å². The fraction of sp³-hybridized carbons (Fsp3) is 0.407. The zero-order valence-electron chi connectivity index (χ0n) is 19.6. The van der Waals surface area contributed by atoms with Crippen LogP contribution in [-0.4, -0.2) is 48.6 Å². The molecule has 0 radical (unpaired) electrons. The standard InChI is InChI=1S/C27H34N4O2/c1-3-20-11-8-9-17-31(20)18-10-16-28-27(32)22-19-26(29-23-13-5-4-12-21(22)23)30-24-14-6-7-15-25(24)33-2/h4-7,12-15,19-20H,3,8-11,16-18H2,1-2H3,(H,28,32)(H,29,30). The third-order valence-electron chi connectivity index (χ3n) is 6.46. The number of piperidine rings is 1. The predicted molar refractivity (Wildman–Crippen MR) is 134 cm³/mol. The van der Waals surface area contributed by atoms with Gasteiger partial charge < -0.3 is 20.3 Å². The van der Waals surface area contributed by atoms with Crippen LogP contribution in [0.5, 0.6) is 5.75 Å². The molecule has 0 bridgehead atoms. The molecule has 0 saturated carbocycles. The summed E-state index contributed by atoms with van der Waals surface area (Å²) in [6, 6.07) is 18.0. The number of nitrogens with one attached hydrogen (secondary N) is 2. The van der Waals surface area contributed by atoms with Crippen molar-refractivity contribution in [3.8, 4) is 5.75 Å². The summed E-state index contributed by atoms with van der Waals surface area (Å²) in [6.45, 7) is 5.16. The van der Waals surface area contributed by atoms with E-state index in [4.69, 9.17) is 9.72 Å². The molecule has 1 aliphatic heterocycles. The minimum absolute atomic E-state index is 0.0673. The van der Waals surface area contributed by atoms with Gasteiger partial charge in [0.1, 0.15) is 11.6 Å². The van der Waals surface area contributed by atoms with Crippen LogP contribution in [0.2, 0.25) is 0 Å². The number of benzene rings is 2. The molecule has 1 amide bonds. The highest BCUT2D eigenvalue weighted by Gasteiger charge is 2.20. The monoisotopic (exact) mass is 446 g/mol. The van der Waals surface area contributed by atoms with E-state index >= 15 is 0 Å². The maximum Gasteiger partial charge on any atom is 0.252 e. The van der Waals surface area contributed by atoms with E-state index in [9.17, 15) is 4.79 Å². The number of nitrogens with zero attached hydrogens (tertiary/aromatic N) is 2. The van der Waals surface area contributed by atoms with Crippen LogP contribution < -0.4 is 15.4 Å². The van der Waals surface area contributed by atoms with Crippen molar-refractivity contribution < 1.29 is 9.53 Å². The molecular weight excluding hydrogens is 412 g/mol. The van der Waals surface area contributed by atoms with Gasteiger partial charge in [0.05, 0.1) is 23.9 Å². The van der Waals surface area contributed by atoms with Gasteiger partial charge in [-0.1, -0.05) is 43.7 Å². The summed E-state index contributed by atoms with van der Waals surface area (Å²) in [5, 5.41) is 7.29. The van der Waals surface area contributed by atoms with Gasteiger partial charge >= 0.3 is 0 Å². The number of ether oxygens (including phenoxy) is 1. The lowest BCUT2D eigenvalue weighted by molar-refractivity contribution is 0.0949. The number of amides is 1. The lowest BCUT2D eigenvalue weighted by Crippen LogP contribution is -2.40. The summed E-state index contributed by atoms with van der Waals surface area (Å²) in [5.41, 5.74) is 2.21. The molecule has 0 spiro atoms. The normalized spacial score (nSPS) is 16.5. The van der Waals surface area contributed by atoms with Gasteiger partial charge in [0, 0.05) is 24.5 Å². The SMILES string of the molecule is CCC1CCCCN1CCCNC(=O)c1cc(Nc2ccccc2OC)nc2ccccc12. The second-order valence-electron chi connectivity index (χ2n) is 8.60. The molecule has 6 heteroatoms. The first-order valence-electron chi connectivity index (χ1n) is 12.0. The van der Waals surface area contributed by atoms with E-state index in [0.29, 0.717) is 24.0 Å². The second kappa shape index (κ2) is 11.1. The van der Waals surface area contributed by atoms with Crippen molar-refractivity contribution in [1.29, 1.82) is 0 Å². The fourth-order valence-electron chi connectivity index (χ4n) is 4.71. The number of aromatic nitrogens is 1. The maximum absolute atomic E-state index is 13.2. The number of anilines is 2. The van der Waals surface area contributed by atoms with Gasteiger partial charge in [-0.15, -0.1) is 0 Å². The molecule has 33 heavy (non-hydrogen) atoms. The molecule has 174 valence electrons. The van der Waals surface area contributed by atoms with Gasteiger partial charge in [0.2, 0.25) is 0 Å². The number of hydrogen-bond donors (Lipinski definition) is 2. The smallest absolute Gasteiger partial charge is 0.252 e. The number of carbonyl (C=O) groups excluding carboxylic acids is 1. The quantitative estimate of drug-likeness (QED) is 0.433. The van der Waals surface area contributed by atoms with E-state index < -0.39 is 0 Å². The Hall–Kier alpha value is -3.12. The average Bonchev–Trinajstić information content (AvgIpc) is 2.86. The van der Waals surface area contributed by atoms with E-state index in [2.05, 4.69) is 22.5 Å². The van der Waals surface area contributed by atoms with Gasteiger partial charge in [-0.05, 0) is 56.5 Å². The van der Waals surface area contributed by atoms with Crippen LogP contribution >= 0.6 is 0 Å². The van der Waals surface area contributed by atoms with Crippen LogP contribution in [0.25, 0.3) is 10.9 Å². The third kappa shape index (κ3) is 5.63. The van der Waals surface area contributed by atoms with Crippen LogP contribution in [0.1, 0.15) is 49.4 Å². The first-order chi connectivity index (χ1) is 16.2. The molecule has 1 aliphatic rings. The Balaban J connectivity index is 1.46. The van der Waals surface area contributed by atoms with E-state index in [1.807, 2.05) is 54.6 Å². The lowest BCUT2D eigenvalue weighted by atomic mass is 10.00. The average molecular weight is 447 g/mol. The highest BCUT2D eigenvalue weighted by atomic mass is 16.5. The second-order valence-corrected chi connectivity index (χ2v) is 8.60. The molecule has 2 aromatic carbocycles. The van der Waals surface area contributed by atoms with Gasteiger partial charge in [0.15, 0.2) is 0 Å². The first kappa shape index (κ1) is 23.1. The zero-order valence-corrected chi connectivity index (χ0v) is 19.6. The molecule has 1 fully saturated rings. The van der Waals surface area contributed by atoms with E-state index in [0.717, 1.165) is 35.3 Å². The van der Waals surface area contributed by atoms with Gasteiger partial charge in [-0.2, -0.15) is 0 Å². The molecule has 2 heterocycles. The number of pyridine rings is 1. The van der Waals surface area contributed by atoms with Gasteiger partial charge in [-0.3, -0.25) is 4.79 Å². The zero-order chi connectivity index (χ0) is 23.0. The molecule has 1 saturated heterocycles. The highest BCUT2D eigenvalue weighted by molar-refractivity contribution is 6.07. The number of rotatable bonds is 9. The largest absolute Gasteiger partial charge is 0.495 e. The van der Waals surface area contributed by atoms with E-state index in [1.54, 1.807) is 7.11 Å². The molecular formula is C27H34N4O2. The van der Waals surface area contributed by atoms with Crippen molar-refractivity contribution in [1.82, 2.24) is 15.2 Å². The Bertz CT molecular complexity index is 1080. The van der Waals surface area contributed by atoms with Crippen molar-refractivity contribution in [2.75, 3.05) is 32.1 Å². The maximum atomic E-state index is 13.2. The summed E-state index contributed by atoms with van der Waals surface area (Å²) in [5.74, 6) is 1.27. The van der Waals surface area contributed by atoms with E-state index in [1.165, 1.54) is 32.2 Å². The van der Waals surface area contributed by atoms with Crippen LogP contribution in [0.15, 0.2) is 54.6 Å². The topological polar surface area (TPSA) is 66.5 Å². The van der Waals surface area contributed by atoms with Crippen LogP contribution in [0.4, 0.5) is 11.5 Å². The van der Waals surface area contributed by atoms with Crippen molar-refractivity contribution >= 4 is 28.3 Å². The number of methoxy groups -OCH3 is 1. The van der Waals surface area contributed by atoms with Gasteiger partial charge in [-0.25, -0.2) is 4.98 Å². The molecule has 6 nitrogen and oxygen atoms in total. The van der Waals surface area contributed by atoms with Crippen molar-refractivity contribution in [3.63, 3.8) is 0 Å². The van der Waals surface area contributed by atoms with E-state index in [-0.39, 0.29) is 5.91 Å². The summed E-state index contributed by atoms with van der Waals surface area (Å²) in [6.07, 6.45) is 6.09. The Kier molecular flexibility index (Phi) is 7.79. The number of fused-ring (bicyclic) bond motifs is 1. The number of para-hydroxylation sites is 3. The molecule has 1 atom stereocenters. The minimum Gasteiger partial charge on any atom is -0.495 e. The summed E-state index contributed by atoms with van der Waals surface area (Å²) in [4.78, 5) is 20.5. The Morgan fingerprint density at radius 2 is 1.97 bits per heavy atom. The van der Waals surface area contributed by atoms with Crippen LogP contribution in [0, 0.1) is 0 Å². The molecule has 4 rings (SSSR count). The predicted octanol–water partition coefficient (Wildman–Crippen LogP) is 5.37. The number of carbonyl (C=O) groups is 1. The number of hydrogen-bond acceptors (Lipinski definition) is 5. The summed E-state index contributed by atoms with van der Waals surface area (Å²) < 4.78 is 5.44. The molecule has 2 N–H and O–H groups in total. The third-order valence-corrected chi connectivity index (χ3v) is 6.46. The van der Waals surface area contributed by atoms with Crippen molar-refractivity contribution in [2.24, 2.45) is 0 Å². The van der Waals surface area contributed by atoms with Crippen molar-refractivity contribution in [3.05, 3.63) is 60.2 Å². The molecule has 1 aromatic heterocycles. The first-order valence-corrected chi connectivity index (χ1v) is 12.0. The number of likely N-dealkylation sites (tertiary alicyclic amines) is 1. The van der Waals surface area contributed by atoms with Crippen LogP contribution in [0.3, 0.4) is 0 Å². The van der Waals surface area contributed by atoms with Gasteiger partial charge in [0.25, 0.3) is 5.91 Å². The highest BCUT2D eigenvalue weighted by Crippen LogP contribution is 2.28. The Labute approximate surface area is 196 Å².